The van der Waals surface area contributed by atoms with Crippen molar-refractivity contribution >= 4 is 0 Å². The molecule has 0 unspecified atom stereocenters. The van der Waals surface area contributed by atoms with E-state index in [9.17, 15) is 14.6 Å². The summed E-state index contributed by atoms with van der Waals surface area (Å²) in [5.74, 6) is 0.200. The van der Waals surface area contributed by atoms with E-state index in [2.05, 4.69) is 16.0 Å². The molecule has 1 saturated heterocycles. The van der Waals surface area contributed by atoms with Gasteiger partial charge in [0.05, 0.1) is 17.9 Å². The first kappa shape index (κ1) is 18.5. The number of aliphatic hydroxyl groups excluding tert-OH is 2. The summed E-state index contributed by atoms with van der Waals surface area (Å²) in [6.45, 7) is 4.31. The summed E-state index contributed by atoms with van der Waals surface area (Å²) in [5, 5.41) is 21.1. The van der Waals surface area contributed by atoms with Crippen LogP contribution in [0.2, 0.25) is 0 Å². The molecule has 1 aromatic heterocycles. The van der Waals surface area contributed by atoms with E-state index in [-0.39, 0.29) is 11.7 Å². The third kappa shape index (κ3) is 3.91. The highest BCUT2D eigenvalue weighted by atomic mass is 19.1. The van der Waals surface area contributed by atoms with E-state index in [0.29, 0.717) is 12.5 Å². The van der Waals surface area contributed by atoms with Crippen molar-refractivity contribution in [2.45, 2.75) is 44.3 Å². The summed E-state index contributed by atoms with van der Waals surface area (Å²) in [4.78, 5) is 6.63. The Hall–Kier alpha value is -1.82. The molecule has 1 fully saturated rings. The molecule has 0 amide bonds. The maximum atomic E-state index is 13.4. The summed E-state index contributed by atoms with van der Waals surface area (Å²) in [7, 11) is 0. The molecule has 4 atom stereocenters. The number of piperidine rings is 1. The topological polar surface area (TPSA) is 56.6 Å². The zero-order chi connectivity index (χ0) is 19.0. The Morgan fingerprint density at radius 1 is 1.26 bits per heavy atom. The lowest BCUT2D eigenvalue weighted by atomic mass is 9.82. The maximum Gasteiger partial charge on any atom is 0.123 e. The maximum absolute atomic E-state index is 13.4. The summed E-state index contributed by atoms with van der Waals surface area (Å²) in [6, 6.07) is 8.82. The fourth-order valence-corrected chi connectivity index (χ4v) is 4.83. The molecular formula is C22H27FN2O2. The standard InChI is InChI=1S/C22H27FN2O2/c1-14-9-17(23)4-5-18(14)19-6-8-25(13-21(19)27)12-15-10-16-3-2-7-24-22(16)20(26)11-15/h2-5,7,9,15,19-21,26-27H,6,8,10-13H2,1H3/t15-,19-,20+,21+/m1/s1. The number of likely N-dealkylation sites (tertiary alicyclic amines) is 1. The zero-order valence-electron chi connectivity index (χ0n) is 15.7. The molecule has 4 nitrogen and oxygen atoms in total. The highest BCUT2D eigenvalue weighted by molar-refractivity contribution is 5.31. The Balaban J connectivity index is 1.39. The van der Waals surface area contributed by atoms with Gasteiger partial charge in [0.25, 0.3) is 0 Å². The molecule has 2 N–H and O–H groups in total. The van der Waals surface area contributed by atoms with Gasteiger partial charge in [0.15, 0.2) is 0 Å². The molecule has 0 saturated carbocycles. The predicted molar refractivity (Wildman–Crippen MR) is 102 cm³/mol. The molecule has 2 aliphatic rings. The molecule has 144 valence electrons. The third-order valence-corrected chi connectivity index (χ3v) is 6.12. The van der Waals surface area contributed by atoms with Crippen LogP contribution in [0, 0.1) is 18.7 Å². The minimum absolute atomic E-state index is 0.0590. The number of rotatable bonds is 3. The van der Waals surface area contributed by atoms with Crippen LogP contribution in [-0.4, -0.2) is 45.8 Å². The van der Waals surface area contributed by atoms with Crippen LogP contribution in [0.1, 0.15) is 47.2 Å². The summed E-state index contributed by atoms with van der Waals surface area (Å²) in [5.41, 5.74) is 3.92. The molecular weight excluding hydrogens is 343 g/mol. The summed E-state index contributed by atoms with van der Waals surface area (Å²) >= 11 is 0. The van der Waals surface area contributed by atoms with E-state index in [1.165, 1.54) is 6.07 Å². The molecule has 1 aliphatic heterocycles. The average Bonchev–Trinajstić information content (AvgIpc) is 2.63. The van der Waals surface area contributed by atoms with Gasteiger partial charge in [0, 0.05) is 25.2 Å². The van der Waals surface area contributed by atoms with Crippen LogP contribution in [0.25, 0.3) is 0 Å². The highest BCUT2D eigenvalue weighted by Gasteiger charge is 2.33. The molecule has 2 heterocycles. The molecule has 5 heteroatoms. The van der Waals surface area contributed by atoms with Crippen LogP contribution >= 0.6 is 0 Å². The molecule has 1 aliphatic carbocycles. The Morgan fingerprint density at radius 2 is 2.11 bits per heavy atom. The number of aromatic nitrogens is 1. The van der Waals surface area contributed by atoms with Crippen LogP contribution in [0.15, 0.2) is 36.5 Å². The van der Waals surface area contributed by atoms with Gasteiger partial charge in [0.1, 0.15) is 5.82 Å². The number of fused-ring (bicyclic) bond motifs is 1. The van der Waals surface area contributed by atoms with Crippen LogP contribution in [0.4, 0.5) is 4.39 Å². The SMILES string of the molecule is Cc1cc(F)ccc1[C@H]1CCN(C[C@@H]2Cc3cccnc3[C@@H](O)C2)C[C@@H]1O. The van der Waals surface area contributed by atoms with Gasteiger partial charge >= 0.3 is 0 Å². The number of nitrogens with zero attached hydrogens (tertiary/aromatic N) is 2. The first-order valence-electron chi connectivity index (χ1n) is 9.79. The van der Waals surface area contributed by atoms with Gasteiger partial charge in [-0.15, -0.1) is 0 Å². The summed E-state index contributed by atoms with van der Waals surface area (Å²) < 4.78 is 13.4. The molecule has 0 radical (unpaired) electrons. The van der Waals surface area contributed by atoms with E-state index in [1.807, 2.05) is 19.1 Å². The van der Waals surface area contributed by atoms with Gasteiger partial charge in [-0.25, -0.2) is 4.39 Å². The van der Waals surface area contributed by atoms with Crippen LogP contribution in [0.3, 0.4) is 0 Å². The number of halogens is 1. The second-order valence-electron chi connectivity index (χ2n) is 8.09. The van der Waals surface area contributed by atoms with E-state index < -0.39 is 12.2 Å². The Bertz CT molecular complexity index is 813. The van der Waals surface area contributed by atoms with Crippen molar-refractivity contribution in [1.29, 1.82) is 0 Å². The zero-order valence-corrected chi connectivity index (χ0v) is 15.7. The Morgan fingerprint density at radius 3 is 2.89 bits per heavy atom. The molecule has 1 aromatic carbocycles. The first-order valence-corrected chi connectivity index (χ1v) is 9.79. The fraction of sp³-hybridized carbons (Fsp3) is 0.500. The van der Waals surface area contributed by atoms with Crippen LogP contribution < -0.4 is 0 Å². The lowest BCUT2D eigenvalue weighted by molar-refractivity contribution is 0.0349. The molecule has 4 rings (SSSR count). The molecule has 2 aromatic rings. The lowest BCUT2D eigenvalue weighted by Gasteiger charge is -2.39. The van der Waals surface area contributed by atoms with Crippen LogP contribution in [0.5, 0.6) is 0 Å². The number of aryl methyl sites for hydroxylation is 1. The highest BCUT2D eigenvalue weighted by Crippen LogP contribution is 2.34. The average molecular weight is 370 g/mol. The first-order chi connectivity index (χ1) is 13.0. The lowest BCUT2D eigenvalue weighted by Crippen LogP contribution is -2.45. The molecule has 0 bridgehead atoms. The number of hydrogen-bond donors (Lipinski definition) is 2. The number of hydrogen-bond acceptors (Lipinski definition) is 4. The predicted octanol–water partition coefficient (Wildman–Crippen LogP) is 2.98. The van der Waals surface area contributed by atoms with Crippen molar-refractivity contribution in [3.05, 3.63) is 64.7 Å². The van der Waals surface area contributed by atoms with Crippen molar-refractivity contribution in [2.75, 3.05) is 19.6 Å². The smallest absolute Gasteiger partial charge is 0.123 e. The fourth-order valence-electron chi connectivity index (χ4n) is 4.83. The van der Waals surface area contributed by atoms with E-state index in [4.69, 9.17) is 0 Å². The largest absolute Gasteiger partial charge is 0.391 e. The second-order valence-corrected chi connectivity index (χ2v) is 8.09. The van der Waals surface area contributed by atoms with Crippen LogP contribution in [-0.2, 0) is 6.42 Å². The minimum Gasteiger partial charge on any atom is -0.391 e. The van der Waals surface area contributed by atoms with Crippen molar-refractivity contribution in [2.24, 2.45) is 5.92 Å². The quantitative estimate of drug-likeness (QED) is 0.872. The van der Waals surface area contributed by atoms with E-state index in [1.54, 1.807) is 12.3 Å². The summed E-state index contributed by atoms with van der Waals surface area (Å²) in [6.07, 6.45) is 3.29. The van der Waals surface area contributed by atoms with Crippen molar-refractivity contribution in [1.82, 2.24) is 9.88 Å². The minimum atomic E-state index is -0.496. The van der Waals surface area contributed by atoms with Gasteiger partial charge in [-0.3, -0.25) is 4.98 Å². The van der Waals surface area contributed by atoms with Gasteiger partial charge in [0.2, 0.25) is 0 Å². The van der Waals surface area contributed by atoms with Gasteiger partial charge < -0.3 is 15.1 Å². The van der Waals surface area contributed by atoms with Gasteiger partial charge in [-0.1, -0.05) is 12.1 Å². The Kier molecular flexibility index (Phi) is 5.26. The monoisotopic (exact) mass is 370 g/mol. The van der Waals surface area contributed by atoms with E-state index >= 15 is 0 Å². The number of aliphatic hydroxyl groups is 2. The normalized spacial score (nSPS) is 28.7. The number of β-amino-alcohol motifs (C(OH)–C–C–N with tert-alkyl or cyclic N) is 1. The van der Waals surface area contributed by atoms with Crippen molar-refractivity contribution in [3.63, 3.8) is 0 Å². The van der Waals surface area contributed by atoms with Gasteiger partial charge in [-0.05, 0) is 73.5 Å². The number of pyridine rings is 1. The Labute approximate surface area is 159 Å². The second kappa shape index (κ2) is 7.66. The van der Waals surface area contributed by atoms with Crippen molar-refractivity contribution < 1.29 is 14.6 Å². The number of benzene rings is 1. The van der Waals surface area contributed by atoms with Gasteiger partial charge in [-0.2, -0.15) is 0 Å². The molecule has 27 heavy (non-hydrogen) atoms. The van der Waals surface area contributed by atoms with Crippen molar-refractivity contribution in [3.8, 4) is 0 Å². The van der Waals surface area contributed by atoms with E-state index in [0.717, 1.165) is 54.7 Å². The third-order valence-electron chi connectivity index (χ3n) is 6.12. The molecule has 0 spiro atoms.